The van der Waals surface area contributed by atoms with Gasteiger partial charge in [-0.2, -0.15) is 0 Å². The predicted octanol–water partition coefficient (Wildman–Crippen LogP) is 4.29. The summed E-state index contributed by atoms with van der Waals surface area (Å²) in [7, 11) is 0. The van der Waals surface area contributed by atoms with E-state index in [0.717, 1.165) is 12.8 Å². The van der Waals surface area contributed by atoms with E-state index in [1.807, 2.05) is 0 Å². The van der Waals surface area contributed by atoms with Crippen LogP contribution in [0.25, 0.3) is 0 Å². The molecule has 0 aliphatic heterocycles. The number of benzene rings is 1. The highest BCUT2D eigenvalue weighted by Crippen LogP contribution is 2.25. The zero-order valence-electron chi connectivity index (χ0n) is 11.8. The third-order valence-corrected chi connectivity index (χ3v) is 3.68. The Kier molecular flexibility index (Phi) is 5.20. The highest BCUT2D eigenvalue weighted by Gasteiger charge is 2.21. The summed E-state index contributed by atoms with van der Waals surface area (Å²) in [6.07, 6.45) is 7.66. The molecule has 0 aromatic heterocycles. The molecule has 19 heavy (non-hydrogen) atoms. The van der Waals surface area contributed by atoms with Crippen LogP contribution in [0.15, 0.2) is 42.1 Å². The second-order valence-corrected chi connectivity index (χ2v) is 5.30. The second kappa shape index (κ2) is 7.13. The molecule has 1 aliphatic rings. The molecule has 0 bridgehead atoms. The van der Waals surface area contributed by atoms with Crippen LogP contribution >= 0.6 is 0 Å². The first kappa shape index (κ1) is 13.9. The van der Waals surface area contributed by atoms with Gasteiger partial charge in [0.1, 0.15) is 6.61 Å². The van der Waals surface area contributed by atoms with Gasteiger partial charge in [0.25, 0.3) is 0 Å². The Balaban J connectivity index is 2.00. The van der Waals surface area contributed by atoms with Crippen LogP contribution in [-0.4, -0.2) is 12.3 Å². The minimum absolute atomic E-state index is 0.501. The van der Waals surface area contributed by atoms with Crippen molar-refractivity contribution in [3.05, 3.63) is 48.0 Å². The van der Waals surface area contributed by atoms with Crippen molar-refractivity contribution in [2.45, 2.75) is 39.0 Å². The maximum Gasteiger partial charge on any atom is 0.135 e. The lowest BCUT2D eigenvalue weighted by Crippen LogP contribution is -2.22. The number of hydrogen-bond acceptors (Lipinski definition) is 2. The summed E-state index contributed by atoms with van der Waals surface area (Å²) in [4.78, 5) is 5.28. The Hall–Kier alpha value is -1.57. The molecule has 2 nitrogen and oxygen atoms in total. The summed E-state index contributed by atoms with van der Waals surface area (Å²) < 4.78 is 0. The Labute approximate surface area is 116 Å². The highest BCUT2D eigenvalue weighted by atomic mass is 16.6. The molecule has 1 aliphatic carbocycles. The van der Waals surface area contributed by atoms with Crippen molar-refractivity contribution in [1.29, 1.82) is 0 Å². The molecule has 2 heteroatoms. The lowest BCUT2D eigenvalue weighted by molar-refractivity contribution is 0.170. The SMILES string of the molecule is C=CCON=C1CCCCC1Cc1ccc(C)cc1. The zero-order valence-corrected chi connectivity index (χ0v) is 11.8. The molecule has 1 unspecified atom stereocenters. The lowest BCUT2D eigenvalue weighted by atomic mass is 9.83. The normalized spacial score (nSPS) is 21.3. The number of aryl methyl sites for hydroxylation is 1. The van der Waals surface area contributed by atoms with E-state index in [9.17, 15) is 0 Å². The highest BCUT2D eigenvalue weighted by molar-refractivity contribution is 5.87. The number of nitrogens with zero attached hydrogens (tertiary/aromatic N) is 1. The van der Waals surface area contributed by atoms with E-state index in [1.54, 1.807) is 6.08 Å². The van der Waals surface area contributed by atoms with Gasteiger partial charge in [-0.05, 0) is 38.2 Å². The van der Waals surface area contributed by atoms with Gasteiger partial charge in [-0.3, -0.25) is 0 Å². The molecule has 2 rings (SSSR count). The minimum Gasteiger partial charge on any atom is -0.392 e. The van der Waals surface area contributed by atoms with Crippen molar-refractivity contribution in [3.8, 4) is 0 Å². The fraction of sp³-hybridized carbons (Fsp3) is 0.471. The number of oxime groups is 1. The first-order valence-electron chi connectivity index (χ1n) is 7.14. The third-order valence-electron chi connectivity index (χ3n) is 3.68. The number of rotatable bonds is 5. The molecule has 0 amide bonds. The Morgan fingerprint density at radius 1 is 1.32 bits per heavy atom. The molecule has 0 N–H and O–H groups in total. The van der Waals surface area contributed by atoms with Gasteiger partial charge in [-0.1, -0.05) is 54.1 Å². The van der Waals surface area contributed by atoms with Crippen LogP contribution in [0, 0.1) is 12.8 Å². The molecule has 1 fully saturated rings. The minimum atomic E-state index is 0.501. The predicted molar refractivity (Wildman–Crippen MR) is 80.4 cm³/mol. The second-order valence-electron chi connectivity index (χ2n) is 5.30. The van der Waals surface area contributed by atoms with Crippen LogP contribution < -0.4 is 0 Å². The molecule has 0 heterocycles. The largest absolute Gasteiger partial charge is 0.392 e. The summed E-state index contributed by atoms with van der Waals surface area (Å²) in [5, 5.41) is 4.31. The first-order valence-corrected chi connectivity index (χ1v) is 7.14. The zero-order chi connectivity index (χ0) is 13.5. The summed E-state index contributed by atoms with van der Waals surface area (Å²) in [6.45, 7) is 6.27. The van der Waals surface area contributed by atoms with Gasteiger partial charge in [0.05, 0.1) is 5.71 Å². The number of hydrogen-bond donors (Lipinski definition) is 0. The van der Waals surface area contributed by atoms with Gasteiger partial charge in [0.15, 0.2) is 0 Å². The molecular weight excluding hydrogens is 234 g/mol. The molecule has 1 aromatic rings. The summed E-state index contributed by atoms with van der Waals surface area (Å²) in [5.74, 6) is 0.543. The molecule has 0 spiro atoms. The average Bonchev–Trinajstić information content (AvgIpc) is 2.43. The van der Waals surface area contributed by atoms with Gasteiger partial charge >= 0.3 is 0 Å². The van der Waals surface area contributed by atoms with Crippen LogP contribution in [0.5, 0.6) is 0 Å². The van der Waals surface area contributed by atoms with Gasteiger partial charge in [0.2, 0.25) is 0 Å². The first-order chi connectivity index (χ1) is 9.29. The van der Waals surface area contributed by atoms with Gasteiger partial charge < -0.3 is 4.84 Å². The molecule has 0 saturated heterocycles. The molecule has 102 valence electrons. The van der Waals surface area contributed by atoms with Crippen molar-refractivity contribution in [2.24, 2.45) is 11.1 Å². The van der Waals surface area contributed by atoms with E-state index in [2.05, 4.69) is 42.9 Å². The maximum atomic E-state index is 5.28. The lowest BCUT2D eigenvalue weighted by Gasteiger charge is -2.23. The monoisotopic (exact) mass is 257 g/mol. The van der Waals surface area contributed by atoms with Crippen molar-refractivity contribution >= 4 is 5.71 Å². The molecular formula is C17H23NO. The van der Waals surface area contributed by atoms with Gasteiger partial charge in [-0.15, -0.1) is 0 Å². The van der Waals surface area contributed by atoms with Crippen molar-refractivity contribution in [2.75, 3.05) is 6.61 Å². The van der Waals surface area contributed by atoms with Gasteiger partial charge in [0, 0.05) is 5.92 Å². The van der Waals surface area contributed by atoms with E-state index in [1.165, 1.54) is 36.1 Å². The Morgan fingerprint density at radius 2 is 2.11 bits per heavy atom. The molecule has 1 atom stereocenters. The average molecular weight is 257 g/mol. The van der Waals surface area contributed by atoms with E-state index < -0.39 is 0 Å². The smallest absolute Gasteiger partial charge is 0.135 e. The maximum absolute atomic E-state index is 5.28. The van der Waals surface area contributed by atoms with Gasteiger partial charge in [-0.25, -0.2) is 0 Å². The molecule has 0 radical (unpaired) electrons. The summed E-state index contributed by atoms with van der Waals surface area (Å²) in [5.41, 5.74) is 3.94. The van der Waals surface area contributed by atoms with Crippen molar-refractivity contribution in [3.63, 3.8) is 0 Å². The molecule has 1 saturated carbocycles. The topological polar surface area (TPSA) is 21.6 Å². The van der Waals surface area contributed by atoms with E-state index in [4.69, 9.17) is 4.84 Å². The van der Waals surface area contributed by atoms with Crippen LogP contribution in [0.4, 0.5) is 0 Å². The summed E-state index contributed by atoms with van der Waals surface area (Å²) in [6, 6.07) is 8.82. The van der Waals surface area contributed by atoms with E-state index in [0.29, 0.717) is 12.5 Å². The quantitative estimate of drug-likeness (QED) is 0.438. The van der Waals surface area contributed by atoms with Crippen molar-refractivity contribution in [1.82, 2.24) is 0 Å². The van der Waals surface area contributed by atoms with E-state index >= 15 is 0 Å². The fourth-order valence-electron chi connectivity index (χ4n) is 2.59. The molecule has 1 aromatic carbocycles. The Bertz CT molecular complexity index is 433. The standard InChI is InChI=1S/C17H23NO/c1-3-12-19-18-17-7-5-4-6-16(17)13-15-10-8-14(2)9-11-15/h3,8-11,16H,1,4-7,12-13H2,2H3. The van der Waals surface area contributed by atoms with Crippen LogP contribution in [0.3, 0.4) is 0 Å². The third kappa shape index (κ3) is 4.23. The Morgan fingerprint density at radius 3 is 2.84 bits per heavy atom. The summed E-state index contributed by atoms with van der Waals surface area (Å²) >= 11 is 0. The van der Waals surface area contributed by atoms with E-state index in [-0.39, 0.29) is 0 Å². The van der Waals surface area contributed by atoms with Crippen LogP contribution in [0.2, 0.25) is 0 Å². The van der Waals surface area contributed by atoms with Crippen LogP contribution in [0.1, 0.15) is 36.8 Å². The van der Waals surface area contributed by atoms with Crippen molar-refractivity contribution < 1.29 is 4.84 Å². The fourth-order valence-corrected chi connectivity index (χ4v) is 2.59. The van der Waals surface area contributed by atoms with Crippen LogP contribution in [-0.2, 0) is 11.3 Å².